The van der Waals surface area contributed by atoms with E-state index in [0.717, 1.165) is 18.0 Å². The van der Waals surface area contributed by atoms with Gasteiger partial charge in [0.05, 0.1) is 10.6 Å². The zero-order valence-corrected chi connectivity index (χ0v) is 14.3. The summed E-state index contributed by atoms with van der Waals surface area (Å²) in [5, 5.41) is 1.68. The van der Waals surface area contributed by atoms with Gasteiger partial charge in [0.2, 0.25) is 11.8 Å². The summed E-state index contributed by atoms with van der Waals surface area (Å²) in [5.74, 6) is -0.516. The van der Waals surface area contributed by atoms with E-state index < -0.39 is 10.0 Å². The molecule has 2 fully saturated rings. The highest BCUT2D eigenvalue weighted by atomic mass is 32.2. The second-order valence-corrected chi connectivity index (χ2v) is 7.66. The predicted molar refractivity (Wildman–Crippen MR) is 87.6 cm³/mol. The molecule has 24 heavy (non-hydrogen) atoms. The molecule has 3 rings (SSSR count). The number of anilines is 1. The molecule has 2 aliphatic heterocycles. The van der Waals surface area contributed by atoms with Gasteiger partial charge in [0.15, 0.2) is 0 Å². The molecule has 0 aliphatic carbocycles. The van der Waals surface area contributed by atoms with Crippen LogP contribution in [0.2, 0.25) is 0 Å². The van der Waals surface area contributed by atoms with E-state index in [1.807, 2.05) is 7.05 Å². The normalized spacial score (nSPS) is 20.8. The van der Waals surface area contributed by atoms with Gasteiger partial charge < -0.3 is 4.90 Å². The zero-order chi connectivity index (χ0) is 17.3. The first-order valence-corrected chi connectivity index (χ1v) is 9.27. The summed E-state index contributed by atoms with van der Waals surface area (Å²) in [4.78, 5) is 29.3. The molecule has 0 saturated carbocycles. The van der Waals surface area contributed by atoms with Crippen LogP contribution in [0.1, 0.15) is 12.8 Å². The molecule has 1 aromatic carbocycles. The quantitative estimate of drug-likeness (QED) is 0.754. The summed E-state index contributed by atoms with van der Waals surface area (Å²) in [5.41, 5.74) is 0.404. The zero-order valence-electron chi connectivity index (χ0n) is 13.4. The predicted octanol–water partition coefficient (Wildman–Crippen LogP) is -0.219. The lowest BCUT2D eigenvalue weighted by atomic mass is 10.3. The maximum atomic E-state index is 12.4. The molecule has 2 saturated heterocycles. The van der Waals surface area contributed by atoms with E-state index in [-0.39, 0.29) is 29.6 Å². The number of imide groups is 1. The monoisotopic (exact) mass is 352 g/mol. The van der Waals surface area contributed by atoms with Gasteiger partial charge in [0.1, 0.15) is 0 Å². The Hall–Kier alpha value is -1.81. The number of likely N-dealkylation sites (N-methyl/N-ethyl adjacent to an activating group) is 1. The van der Waals surface area contributed by atoms with Crippen LogP contribution in [-0.2, 0) is 19.6 Å². The van der Waals surface area contributed by atoms with Gasteiger partial charge in [0, 0.05) is 39.0 Å². The molecule has 0 bridgehead atoms. The maximum absolute atomic E-state index is 12.4. The van der Waals surface area contributed by atoms with Crippen molar-refractivity contribution in [2.45, 2.75) is 17.7 Å². The highest BCUT2D eigenvalue weighted by molar-refractivity contribution is 7.89. The summed E-state index contributed by atoms with van der Waals surface area (Å²) in [6.07, 6.45) is 0.397. The molecule has 0 atom stereocenters. The highest BCUT2D eigenvalue weighted by Gasteiger charge is 2.30. The summed E-state index contributed by atoms with van der Waals surface area (Å²) in [6.45, 7) is 2.82. The fourth-order valence-corrected chi connectivity index (χ4v) is 3.88. The SMILES string of the molecule is CN1CCN(NS(=O)(=O)c2ccc(N3C(=O)CCC3=O)cc2)CC1. The minimum absolute atomic E-state index is 0.101. The van der Waals surface area contributed by atoms with Crippen LogP contribution >= 0.6 is 0 Å². The van der Waals surface area contributed by atoms with Gasteiger partial charge in [0.25, 0.3) is 10.0 Å². The van der Waals surface area contributed by atoms with E-state index in [9.17, 15) is 18.0 Å². The van der Waals surface area contributed by atoms with Crippen molar-refractivity contribution in [3.05, 3.63) is 24.3 Å². The number of hydrogen-bond acceptors (Lipinski definition) is 6. The van der Waals surface area contributed by atoms with E-state index in [4.69, 9.17) is 0 Å². The number of benzene rings is 1. The van der Waals surface area contributed by atoms with E-state index in [2.05, 4.69) is 9.73 Å². The second-order valence-electron chi connectivity index (χ2n) is 6.00. The van der Waals surface area contributed by atoms with Gasteiger partial charge in [-0.05, 0) is 31.3 Å². The number of sulfonamides is 1. The molecule has 0 spiro atoms. The van der Waals surface area contributed by atoms with Crippen molar-refractivity contribution >= 4 is 27.5 Å². The number of piperazine rings is 1. The van der Waals surface area contributed by atoms with Crippen molar-refractivity contribution in [2.75, 3.05) is 38.1 Å². The fraction of sp³-hybridized carbons (Fsp3) is 0.467. The number of rotatable bonds is 4. The van der Waals surface area contributed by atoms with Crippen molar-refractivity contribution in [3.8, 4) is 0 Å². The fourth-order valence-electron chi connectivity index (χ4n) is 2.76. The topological polar surface area (TPSA) is 90.0 Å². The molecule has 2 amide bonds. The minimum Gasteiger partial charge on any atom is -0.304 e. The number of nitrogens with zero attached hydrogens (tertiary/aromatic N) is 3. The molecule has 9 heteroatoms. The first-order valence-electron chi connectivity index (χ1n) is 7.78. The number of amides is 2. The van der Waals surface area contributed by atoms with Crippen LogP contribution in [0.5, 0.6) is 0 Å². The maximum Gasteiger partial charge on any atom is 0.253 e. The van der Waals surface area contributed by atoms with Crippen molar-refractivity contribution in [1.29, 1.82) is 0 Å². The lowest BCUT2D eigenvalue weighted by molar-refractivity contribution is -0.121. The van der Waals surface area contributed by atoms with Crippen molar-refractivity contribution in [3.63, 3.8) is 0 Å². The van der Waals surface area contributed by atoms with Crippen molar-refractivity contribution in [2.24, 2.45) is 0 Å². The molecule has 0 radical (unpaired) electrons. The number of hydrazine groups is 1. The number of carbonyl (C=O) groups is 2. The largest absolute Gasteiger partial charge is 0.304 e. The summed E-state index contributed by atoms with van der Waals surface area (Å²) >= 11 is 0. The number of hydrogen-bond donors (Lipinski definition) is 1. The van der Waals surface area contributed by atoms with Crippen LogP contribution in [0.3, 0.4) is 0 Å². The van der Waals surface area contributed by atoms with Gasteiger partial charge in [-0.15, -0.1) is 4.83 Å². The Kier molecular flexibility index (Phi) is 4.68. The molecule has 1 N–H and O–H groups in total. The first kappa shape index (κ1) is 17.0. The molecule has 0 aromatic heterocycles. The molecule has 8 nitrogen and oxygen atoms in total. The number of carbonyl (C=O) groups excluding carboxylic acids is 2. The molecule has 130 valence electrons. The van der Waals surface area contributed by atoms with Gasteiger partial charge in [-0.3, -0.25) is 14.5 Å². The van der Waals surface area contributed by atoms with Crippen LogP contribution in [0.25, 0.3) is 0 Å². The Morgan fingerprint density at radius 3 is 2.00 bits per heavy atom. The van der Waals surface area contributed by atoms with Crippen LogP contribution in [0.15, 0.2) is 29.2 Å². The molecular weight excluding hydrogens is 332 g/mol. The number of nitrogens with one attached hydrogen (secondary N) is 1. The molecule has 0 unspecified atom stereocenters. The molecule has 2 aliphatic rings. The van der Waals surface area contributed by atoms with Gasteiger partial charge in [-0.1, -0.05) is 0 Å². The lowest BCUT2D eigenvalue weighted by Crippen LogP contribution is -2.52. The average molecular weight is 352 g/mol. The van der Waals surface area contributed by atoms with Crippen LogP contribution < -0.4 is 9.73 Å². The first-order chi connectivity index (χ1) is 11.4. The Labute approximate surface area is 141 Å². The Morgan fingerprint density at radius 2 is 1.46 bits per heavy atom. The Bertz CT molecular complexity index is 723. The minimum atomic E-state index is -3.68. The Balaban J connectivity index is 1.72. The van der Waals surface area contributed by atoms with Gasteiger partial charge in [-0.25, -0.2) is 13.4 Å². The van der Waals surface area contributed by atoms with E-state index >= 15 is 0 Å². The van der Waals surface area contributed by atoms with E-state index in [1.165, 1.54) is 24.3 Å². The summed E-state index contributed by atoms with van der Waals surface area (Å²) in [6, 6.07) is 5.79. The highest BCUT2D eigenvalue weighted by Crippen LogP contribution is 2.24. The van der Waals surface area contributed by atoms with Crippen molar-refractivity contribution < 1.29 is 18.0 Å². The van der Waals surface area contributed by atoms with Crippen LogP contribution in [0, 0.1) is 0 Å². The third kappa shape index (κ3) is 3.48. The molecule has 1 aromatic rings. The van der Waals surface area contributed by atoms with Gasteiger partial charge in [-0.2, -0.15) is 0 Å². The Morgan fingerprint density at radius 1 is 0.917 bits per heavy atom. The van der Waals surface area contributed by atoms with Crippen molar-refractivity contribution in [1.82, 2.24) is 14.7 Å². The molecular formula is C15H20N4O4S. The third-order valence-electron chi connectivity index (χ3n) is 4.21. The average Bonchev–Trinajstić information content (AvgIpc) is 2.88. The van der Waals surface area contributed by atoms with E-state index in [1.54, 1.807) is 5.01 Å². The smallest absolute Gasteiger partial charge is 0.253 e. The second kappa shape index (κ2) is 6.60. The van der Waals surface area contributed by atoms with Crippen LogP contribution in [-0.4, -0.2) is 63.4 Å². The van der Waals surface area contributed by atoms with Crippen LogP contribution in [0.4, 0.5) is 5.69 Å². The summed E-state index contributed by atoms with van der Waals surface area (Å²) < 4.78 is 24.9. The summed E-state index contributed by atoms with van der Waals surface area (Å²) in [7, 11) is -1.68. The third-order valence-corrected chi connectivity index (χ3v) is 5.60. The lowest BCUT2D eigenvalue weighted by Gasteiger charge is -2.32. The standard InChI is InChI=1S/C15H20N4O4S/c1-17-8-10-18(11-9-17)16-24(22,23)13-4-2-12(3-5-13)19-14(20)6-7-15(19)21/h2-5,16H,6-11H2,1H3. The molecule has 2 heterocycles. The van der Waals surface area contributed by atoms with Gasteiger partial charge >= 0.3 is 0 Å². The van der Waals surface area contributed by atoms with E-state index in [0.29, 0.717) is 18.8 Å².